The van der Waals surface area contributed by atoms with Crippen molar-refractivity contribution in [2.24, 2.45) is 17.6 Å². The van der Waals surface area contributed by atoms with Crippen molar-refractivity contribution in [3.63, 3.8) is 0 Å². The number of nitrogens with two attached hydrogens (primary N) is 1. The predicted molar refractivity (Wildman–Crippen MR) is 137 cm³/mol. The van der Waals surface area contributed by atoms with Gasteiger partial charge in [-0.15, -0.1) is 31.4 Å². The van der Waals surface area contributed by atoms with E-state index < -0.39 is 70.8 Å². The van der Waals surface area contributed by atoms with E-state index in [-0.39, 0.29) is 66.6 Å². The van der Waals surface area contributed by atoms with Crippen LogP contribution in [0.2, 0.25) is 0 Å². The zero-order chi connectivity index (χ0) is 25.7. The maximum atomic E-state index is 13.5. The van der Waals surface area contributed by atoms with Gasteiger partial charge in [0.1, 0.15) is 5.76 Å². The molecular weight excluding hydrogens is 529 g/mol. The van der Waals surface area contributed by atoms with Crippen LogP contribution in [0, 0.1) is 11.8 Å². The van der Waals surface area contributed by atoms with Crippen molar-refractivity contribution in [2.45, 2.75) is 36.9 Å². The third-order valence-electron chi connectivity index (χ3n) is 7.09. The minimum atomic E-state index is -2.39. The third-order valence-corrected chi connectivity index (χ3v) is 7.09. The molecule has 13 heteroatoms. The number of aromatic hydroxyl groups is 1. The number of benzene rings is 1. The first-order chi connectivity index (χ1) is 16.5. The smallest absolute Gasteiger partial charge is 0.238 e. The maximum Gasteiger partial charge on any atom is 0.238 e. The van der Waals surface area contributed by atoms with Gasteiger partial charge in [0.25, 0.3) is 0 Å². The largest absolute Gasteiger partial charge is 0.508 e. The highest BCUT2D eigenvalue weighted by Gasteiger charge is 2.60. The molecule has 0 saturated heterocycles. The number of carbonyl (C=O) groups excluding carboxylic acids is 4. The number of nitrogens with one attached hydrogen (secondary N) is 2. The molecule has 202 valence electrons. The highest BCUT2D eigenvalue weighted by atomic mass is 35.5. The van der Waals surface area contributed by atoms with E-state index in [1.807, 2.05) is 0 Å². The number of rotatable bonds is 6. The molecule has 5 atom stereocenters. The minimum absolute atomic E-state index is 0. The lowest BCUT2D eigenvalue weighted by molar-refractivity contribution is -0.155. The Morgan fingerprint density at radius 2 is 1.86 bits per heavy atom. The maximum absolute atomic E-state index is 13.5. The second-order valence-electron chi connectivity index (χ2n) is 9.19. The lowest BCUT2D eigenvalue weighted by Gasteiger charge is -2.48. The van der Waals surface area contributed by atoms with E-state index in [4.69, 9.17) is 5.73 Å². The summed E-state index contributed by atoms with van der Waals surface area (Å²) in [6, 6.07) is 2.73. The molecule has 0 heterocycles. The monoisotopic (exact) mass is 557 g/mol. The van der Waals surface area contributed by atoms with Crippen molar-refractivity contribution >= 4 is 53.9 Å². The number of phenolic OH excluding ortho intramolecular Hbond substituents is 1. The summed E-state index contributed by atoms with van der Waals surface area (Å²) in [6.45, 7) is 3.80. The van der Waals surface area contributed by atoms with Crippen LogP contribution in [0.5, 0.6) is 5.75 Å². The number of hydrogen-bond acceptors (Lipinski definition) is 9. The Bertz CT molecular complexity index is 1190. The summed E-state index contributed by atoms with van der Waals surface area (Å²) in [4.78, 5) is 50.9. The number of amides is 2. The van der Waals surface area contributed by atoms with Crippen molar-refractivity contribution in [3.05, 3.63) is 47.2 Å². The SMILES string of the molecule is C=CCNCC(=O)Nc1ccc2c(c1O)C(=O)C1=C(O)C3(O)C(=O)CC(O)CC3CC1C2C(N)=O.Cl.Cl. The molecule has 1 saturated carbocycles. The number of ketones is 2. The van der Waals surface area contributed by atoms with E-state index in [1.54, 1.807) is 6.08 Å². The molecule has 1 aromatic rings. The predicted octanol–water partition coefficient (Wildman–Crippen LogP) is 0.618. The van der Waals surface area contributed by atoms with E-state index in [2.05, 4.69) is 17.2 Å². The van der Waals surface area contributed by atoms with Gasteiger partial charge in [-0.25, -0.2) is 0 Å². The number of carbonyl (C=O) groups is 4. The average molecular weight is 558 g/mol. The first kappa shape index (κ1) is 30.3. The normalized spacial score (nSPS) is 28.1. The van der Waals surface area contributed by atoms with Crippen LogP contribution < -0.4 is 16.4 Å². The van der Waals surface area contributed by atoms with E-state index in [1.165, 1.54) is 12.1 Å². The molecule has 1 aromatic carbocycles. The molecule has 0 radical (unpaired) electrons. The molecule has 3 aliphatic rings. The van der Waals surface area contributed by atoms with Crippen LogP contribution in [0.25, 0.3) is 0 Å². The molecule has 0 spiro atoms. The fraction of sp³-hybridized carbons (Fsp3) is 0.417. The number of hydrogen-bond donors (Lipinski definition) is 7. The number of halogens is 2. The number of phenols is 1. The van der Waals surface area contributed by atoms with Crippen molar-refractivity contribution in [2.75, 3.05) is 18.4 Å². The molecule has 1 fully saturated rings. The van der Waals surface area contributed by atoms with Crippen LogP contribution in [-0.4, -0.2) is 68.6 Å². The standard InChI is InChI=1S/C24H27N3O8.2ClH/c1-2-5-26-9-16(30)27-14-4-3-12-17(23(25)34)13-7-10-6-11(28)8-15(29)24(10,35)22(33)19(13)21(32)18(12)20(14)31;;/h2-4,10-11,13,17,26,28,31,33,35H,1,5-9H2,(H2,25,34)(H,27,30);2*1H. The van der Waals surface area contributed by atoms with Gasteiger partial charge in [0.2, 0.25) is 11.8 Å². The zero-order valence-corrected chi connectivity index (χ0v) is 21.2. The number of anilines is 1. The summed E-state index contributed by atoms with van der Waals surface area (Å²) >= 11 is 0. The molecular formula is C24H29Cl2N3O8. The van der Waals surface area contributed by atoms with Gasteiger partial charge in [-0.05, 0) is 24.5 Å². The van der Waals surface area contributed by atoms with Crippen LogP contribution in [0.3, 0.4) is 0 Å². The lowest BCUT2D eigenvalue weighted by Crippen LogP contribution is -2.58. The van der Waals surface area contributed by atoms with E-state index >= 15 is 0 Å². The molecule has 4 rings (SSSR count). The number of primary amides is 1. The number of Topliss-reactive ketones (excluding diaryl/α,β-unsaturated/α-hetero) is 2. The highest BCUT2D eigenvalue weighted by Crippen LogP contribution is 2.54. The summed E-state index contributed by atoms with van der Waals surface area (Å²) < 4.78 is 0. The van der Waals surface area contributed by atoms with Gasteiger partial charge in [0, 0.05) is 30.4 Å². The van der Waals surface area contributed by atoms with Crippen LogP contribution in [0.15, 0.2) is 36.1 Å². The van der Waals surface area contributed by atoms with Crippen LogP contribution in [0.4, 0.5) is 5.69 Å². The van der Waals surface area contributed by atoms with Crippen molar-refractivity contribution in [1.29, 1.82) is 0 Å². The molecule has 0 bridgehead atoms. The Balaban J connectivity index is 0.00000241. The Morgan fingerprint density at radius 1 is 1.19 bits per heavy atom. The topological polar surface area (TPSA) is 199 Å². The van der Waals surface area contributed by atoms with Gasteiger partial charge < -0.3 is 36.8 Å². The second kappa shape index (κ2) is 11.2. The van der Waals surface area contributed by atoms with Gasteiger partial charge in [0.05, 0.1) is 29.8 Å². The number of aliphatic hydroxyl groups is 3. The second-order valence-corrected chi connectivity index (χ2v) is 9.19. The number of fused-ring (bicyclic) bond motifs is 3. The van der Waals surface area contributed by atoms with Crippen LogP contribution in [-0.2, 0) is 14.4 Å². The van der Waals surface area contributed by atoms with Crippen LogP contribution in [0.1, 0.15) is 41.1 Å². The van der Waals surface area contributed by atoms with Crippen LogP contribution >= 0.6 is 24.8 Å². The summed E-state index contributed by atoms with van der Waals surface area (Å²) in [5.41, 5.74) is 2.56. The molecule has 3 aliphatic carbocycles. The van der Waals surface area contributed by atoms with Gasteiger partial charge >= 0.3 is 0 Å². The summed E-state index contributed by atoms with van der Waals surface area (Å²) in [5.74, 6) is -7.67. The Hall–Kier alpha value is -2.96. The molecule has 8 N–H and O–H groups in total. The summed E-state index contributed by atoms with van der Waals surface area (Å²) in [6.07, 6.45) is 0.0468. The Morgan fingerprint density at radius 3 is 2.49 bits per heavy atom. The van der Waals surface area contributed by atoms with E-state index in [0.717, 1.165) is 0 Å². The molecule has 2 amide bonds. The first-order valence-corrected chi connectivity index (χ1v) is 11.2. The zero-order valence-electron chi connectivity index (χ0n) is 19.6. The first-order valence-electron chi connectivity index (χ1n) is 11.2. The Labute approximate surface area is 224 Å². The summed E-state index contributed by atoms with van der Waals surface area (Å²) in [5, 5.41) is 48.4. The van der Waals surface area contributed by atoms with Gasteiger partial charge in [-0.1, -0.05) is 12.1 Å². The fourth-order valence-electron chi connectivity index (χ4n) is 5.55. The molecule has 37 heavy (non-hydrogen) atoms. The number of aliphatic hydroxyl groups excluding tert-OH is 2. The summed E-state index contributed by atoms with van der Waals surface area (Å²) in [7, 11) is 0. The van der Waals surface area contributed by atoms with E-state index in [0.29, 0.717) is 6.54 Å². The average Bonchev–Trinajstić information content (AvgIpc) is 2.78. The lowest BCUT2D eigenvalue weighted by atomic mass is 9.57. The minimum Gasteiger partial charge on any atom is -0.508 e. The van der Waals surface area contributed by atoms with Gasteiger partial charge in [0.15, 0.2) is 22.9 Å². The fourth-order valence-corrected chi connectivity index (χ4v) is 5.55. The Kier molecular flexibility index (Phi) is 9.16. The molecule has 0 aliphatic heterocycles. The molecule has 0 aromatic heterocycles. The van der Waals surface area contributed by atoms with Crippen molar-refractivity contribution < 1.29 is 39.6 Å². The van der Waals surface area contributed by atoms with Crippen molar-refractivity contribution in [3.8, 4) is 5.75 Å². The van der Waals surface area contributed by atoms with Gasteiger partial charge in [-0.2, -0.15) is 0 Å². The van der Waals surface area contributed by atoms with E-state index in [9.17, 15) is 39.6 Å². The van der Waals surface area contributed by atoms with Crippen molar-refractivity contribution in [1.82, 2.24) is 5.32 Å². The molecule has 11 nitrogen and oxygen atoms in total. The van der Waals surface area contributed by atoms with Gasteiger partial charge in [-0.3, -0.25) is 19.2 Å². The quantitative estimate of drug-likeness (QED) is 0.149. The number of allylic oxidation sites excluding steroid dienone is 1. The highest BCUT2D eigenvalue weighted by molar-refractivity contribution is 6.17. The molecule has 5 unspecified atom stereocenters. The third kappa shape index (κ3) is 4.85.